The van der Waals surface area contributed by atoms with Crippen LogP contribution in [0.1, 0.15) is 17.3 Å². The molecule has 0 aliphatic carbocycles. The summed E-state index contributed by atoms with van der Waals surface area (Å²) in [5.41, 5.74) is 0.593. The van der Waals surface area contributed by atoms with Crippen molar-refractivity contribution in [1.82, 2.24) is 24.6 Å². The van der Waals surface area contributed by atoms with Gasteiger partial charge < -0.3 is 9.73 Å². The standard InChI is InChI=1S/C22H25FN6O2S/c1-16-2-7-19(31-16)8-9-20-25-22(32)29(26-20)15-28-12-10-27(11-13-28)14-21(30)24-18-5-3-17(23)4-6-18/h2-9H,10-15H2,1H3,(H,24,30)(H,25,26,32)/b9-8+. The summed E-state index contributed by atoms with van der Waals surface area (Å²) in [6.45, 7) is 5.96. The van der Waals surface area contributed by atoms with Crippen molar-refractivity contribution in [3.63, 3.8) is 0 Å². The van der Waals surface area contributed by atoms with Gasteiger partial charge in [-0.05, 0) is 67.7 Å². The number of furan rings is 1. The zero-order valence-corrected chi connectivity index (χ0v) is 18.6. The molecule has 1 aromatic carbocycles. The number of nitrogens with one attached hydrogen (secondary N) is 2. The lowest BCUT2D eigenvalue weighted by Gasteiger charge is -2.34. The van der Waals surface area contributed by atoms with Crippen LogP contribution >= 0.6 is 12.2 Å². The van der Waals surface area contributed by atoms with E-state index < -0.39 is 0 Å². The van der Waals surface area contributed by atoms with Crippen LogP contribution in [-0.4, -0.2) is 63.2 Å². The minimum atomic E-state index is -0.327. The summed E-state index contributed by atoms with van der Waals surface area (Å²) in [6, 6.07) is 9.57. The maximum atomic E-state index is 13.0. The molecule has 3 aromatic rings. The van der Waals surface area contributed by atoms with E-state index in [2.05, 4.69) is 25.2 Å². The van der Waals surface area contributed by atoms with Crippen LogP contribution in [0.3, 0.4) is 0 Å². The predicted octanol–water partition coefficient (Wildman–Crippen LogP) is 3.37. The van der Waals surface area contributed by atoms with Gasteiger partial charge >= 0.3 is 0 Å². The number of H-pyrrole nitrogens is 1. The summed E-state index contributed by atoms with van der Waals surface area (Å²) in [6.07, 6.45) is 3.68. The molecule has 168 valence electrons. The van der Waals surface area contributed by atoms with Gasteiger partial charge in [-0.1, -0.05) is 0 Å². The van der Waals surface area contributed by atoms with E-state index in [0.717, 1.165) is 37.7 Å². The van der Waals surface area contributed by atoms with E-state index in [9.17, 15) is 9.18 Å². The fraction of sp³-hybridized carbons (Fsp3) is 0.318. The van der Waals surface area contributed by atoms with E-state index in [-0.39, 0.29) is 11.7 Å². The molecule has 2 N–H and O–H groups in total. The summed E-state index contributed by atoms with van der Waals surface area (Å²) in [4.78, 5) is 21.0. The van der Waals surface area contributed by atoms with Crippen molar-refractivity contribution in [2.24, 2.45) is 0 Å². The SMILES string of the molecule is Cc1ccc(/C=C/c2nc(=S)n(CN3CCN(CC(=O)Nc4ccc(F)cc4)CC3)[nH]2)o1. The number of aromatic amines is 1. The molecule has 2 aromatic heterocycles. The number of halogens is 1. The average Bonchev–Trinajstić information content (AvgIpc) is 3.34. The van der Waals surface area contributed by atoms with Crippen LogP contribution in [0.5, 0.6) is 0 Å². The van der Waals surface area contributed by atoms with Crippen molar-refractivity contribution < 1.29 is 13.6 Å². The second-order valence-corrected chi connectivity index (χ2v) is 8.06. The molecule has 4 rings (SSSR count). The van der Waals surface area contributed by atoms with Gasteiger partial charge in [0.25, 0.3) is 0 Å². The summed E-state index contributed by atoms with van der Waals surface area (Å²) in [5.74, 6) is 1.85. The maximum Gasteiger partial charge on any atom is 0.238 e. The molecule has 1 fully saturated rings. The zero-order chi connectivity index (χ0) is 22.5. The summed E-state index contributed by atoms with van der Waals surface area (Å²) in [5, 5.41) is 6.00. The third kappa shape index (κ3) is 6.00. The first-order valence-electron chi connectivity index (χ1n) is 10.4. The minimum Gasteiger partial charge on any atom is -0.462 e. The van der Waals surface area contributed by atoms with Crippen LogP contribution in [0.4, 0.5) is 10.1 Å². The molecule has 1 aliphatic heterocycles. The summed E-state index contributed by atoms with van der Waals surface area (Å²) in [7, 11) is 0. The highest BCUT2D eigenvalue weighted by Gasteiger charge is 2.19. The van der Waals surface area contributed by atoms with Crippen LogP contribution in [0.2, 0.25) is 0 Å². The van der Waals surface area contributed by atoms with Crippen LogP contribution in [0.15, 0.2) is 40.8 Å². The van der Waals surface area contributed by atoms with E-state index in [4.69, 9.17) is 16.6 Å². The van der Waals surface area contributed by atoms with Crippen LogP contribution in [0, 0.1) is 17.5 Å². The molecule has 1 saturated heterocycles. The van der Waals surface area contributed by atoms with Gasteiger partial charge in [-0.25, -0.2) is 9.07 Å². The molecule has 0 spiro atoms. The monoisotopic (exact) mass is 456 g/mol. The molecule has 0 unspecified atom stereocenters. The van der Waals surface area contributed by atoms with Crippen LogP contribution in [0.25, 0.3) is 12.2 Å². The zero-order valence-electron chi connectivity index (χ0n) is 17.8. The van der Waals surface area contributed by atoms with Gasteiger partial charge in [0.05, 0.1) is 13.2 Å². The second-order valence-electron chi connectivity index (χ2n) is 7.69. The Bertz CT molecular complexity index is 1140. The number of amides is 1. The number of piperazine rings is 1. The number of rotatable bonds is 7. The highest BCUT2D eigenvalue weighted by Crippen LogP contribution is 2.11. The number of benzene rings is 1. The Morgan fingerprint density at radius 2 is 1.88 bits per heavy atom. The third-order valence-corrected chi connectivity index (χ3v) is 5.48. The molecule has 0 atom stereocenters. The normalized spacial score (nSPS) is 15.4. The van der Waals surface area contributed by atoms with Crippen molar-refractivity contribution >= 4 is 36.0 Å². The first-order valence-corrected chi connectivity index (χ1v) is 10.8. The molecule has 8 nitrogen and oxygen atoms in total. The number of carbonyl (C=O) groups excluding carboxylic acids is 1. The number of carbonyl (C=O) groups is 1. The van der Waals surface area contributed by atoms with Crippen molar-refractivity contribution in [2.45, 2.75) is 13.6 Å². The molecular formula is C22H25FN6O2S. The Balaban J connectivity index is 1.24. The first-order chi connectivity index (χ1) is 15.4. The number of aromatic nitrogens is 3. The Kier molecular flexibility index (Phi) is 6.93. The fourth-order valence-corrected chi connectivity index (χ4v) is 3.68. The van der Waals surface area contributed by atoms with Gasteiger partial charge in [0.15, 0.2) is 0 Å². The molecule has 3 heterocycles. The van der Waals surface area contributed by atoms with Crippen molar-refractivity contribution in [2.75, 3.05) is 38.0 Å². The maximum absolute atomic E-state index is 13.0. The van der Waals surface area contributed by atoms with Crippen molar-refractivity contribution in [1.29, 1.82) is 0 Å². The van der Waals surface area contributed by atoms with E-state index in [0.29, 0.717) is 29.5 Å². The van der Waals surface area contributed by atoms with Gasteiger partial charge in [-0.2, -0.15) is 4.98 Å². The van der Waals surface area contributed by atoms with Gasteiger partial charge in [0, 0.05) is 31.9 Å². The minimum absolute atomic E-state index is 0.107. The third-order valence-electron chi connectivity index (χ3n) is 5.16. The molecule has 1 amide bonds. The highest BCUT2D eigenvalue weighted by atomic mass is 32.1. The topological polar surface area (TPSA) is 82.3 Å². The molecule has 0 bridgehead atoms. The number of anilines is 1. The fourth-order valence-electron chi connectivity index (χ4n) is 3.47. The lowest BCUT2D eigenvalue weighted by molar-refractivity contribution is -0.117. The van der Waals surface area contributed by atoms with E-state index in [1.807, 2.05) is 35.9 Å². The van der Waals surface area contributed by atoms with Crippen molar-refractivity contribution in [3.8, 4) is 0 Å². The Morgan fingerprint density at radius 1 is 1.16 bits per heavy atom. The predicted molar refractivity (Wildman–Crippen MR) is 123 cm³/mol. The summed E-state index contributed by atoms with van der Waals surface area (Å²) >= 11 is 5.38. The number of aryl methyl sites for hydroxylation is 1. The van der Waals surface area contributed by atoms with E-state index in [1.165, 1.54) is 12.1 Å². The van der Waals surface area contributed by atoms with E-state index >= 15 is 0 Å². The molecular weight excluding hydrogens is 431 g/mol. The highest BCUT2D eigenvalue weighted by molar-refractivity contribution is 7.71. The molecule has 10 heteroatoms. The largest absolute Gasteiger partial charge is 0.462 e. The van der Waals surface area contributed by atoms with E-state index in [1.54, 1.807) is 12.1 Å². The van der Waals surface area contributed by atoms with Crippen molar-refractivity contribution in [3.05, 3.63) is 64.3 Å². The molecule has 0 saturated carbocycles. The smallest absolute Gasteiger partial charge is 0.238 e. The first kappa shape index (κ1) is 22.1. The van der Waals surface area contributed by atoms with Gasteiger partial charge in [-0.15, -0.1) is 0 Å². The Labute approximate surface area is 190 Å². The molecule has 0 radical (unpaired) electrons. The van der Waals surface area contributed by atoms with Crippen LogP contribution in [-0.2, 0) is 11.5 Å². The van der Waals surface area contributed by atoms with Crippen LogP contribution < -0.4 is 5.32 Å². The number of hydrogen-bond donors (Lipinski definition) is 2. The lowest BCUT2D eigenvalue weighted by Crippen LogP contribution is -2.48. The Morgan fingerprint density at radius 3 is 2.56 bits per heavy atom. The molecule has 1 aliphatic rings. The second kappa shape index (κ2) is 10.0. The Hall–Kier alpha value is -3.08. The van der Waals surface area contributed by atoms with Gasteiger partial charge in [0.1, 0.15) is 23.2 Å². The lowest BCUT2D eigenvalue weighted by atomic mass is 10.3. The average molecular weight is 457 g/mol. The van der Waals surface area contributed by atoms with Gasteiger partial charge in [-0.3, -0.25) is 19.7 Å². The molecule has 32 heavy (non-hydrogen) atoms. The number of hydrogen-bond acceptors (Lipinski definition) is 6. The summed E-state index contributed by atoms with van der Waals surface area (Å²) < 4.78 is 20.8. The quantitative estimate of drug-likeness (QED) is 0.531. The van der Waals surface area contributed by atoms with Gasteiger partial charge in [0.2, 0.25) is 10.7 Å². The number of nitrogens with zero attached hydrogens (tertiary/aromatic N) is 4.